The van der Waals surface area contributed by atoms with E-state index < -0.39 is 0 Å². The van der Waals surface area contributed by atoms with Gasteiger partial charge in [0.25, 0.3) is 0 Å². The Hall–Kier alpha value is -1.32. The number of aromatic nitrogens is 1. The third kappa shape index (κ3) is 2.43. The lowest BCUT2D eigenvalue weighted by Crippen LogP contribution is -2.18. The lowest BCUT2D eigenvalue weighted by atomic mass is 10.1. The smallest absolute Gasteiger partial charge is 0.0587 e. The number of hydrogen-bond acceptors (Lipinski definition) is 2. The second-order valence-electron chi connectivity index (χ2n) is 3.99. The molecule has 86 valence electrons. The molecule has 0 aliphatic heterocycles. The van der Waals surface area contributed by atoms with E-state index in [2.05, 4.69) is 47.4 Å². The van der Waals surface area contributed by atoms with Crippen LogP contribution in [0.25, 0.3) is 10.9 Å². The van der Waals surface area contributed by atoms with Crippen molar-refractivity contribution in [3.8, 4) is 0 Å². The van der Waals surface area contributed by atoms with Gasteiger partial charge in [0.15, 0.2) is 0 Å². The van der Waals surface area contributed by atoms with Crippen molar-refractivity contribution in [2.24, 2.45) is 7.05 Å². The highest BCUT2D eigenvalue weighted by Crippen LogP contribution is 2.16. The van der Waals surface area contributed by atoms with E-state index in [9.17, 15) is 0 Å². The minimum absolute atomic E-state index is 0.758. The van der Waals surface area contributed by atoms with E-state index >= 15 is 0 Å². The summed E-state index contributed by atoms with van der Waals surface area (Å²) < 4.78 is 7.12. The summed E-state index contributed by atoms with van der Waals surface area (Å²) in [5.74, 6) is 0. The summed E-state index contributed by atoms with van der Waals surface area (Å²) in [6.45, 7) is 2.55. The molecular formula is C13H18N2O. The molecule has 0 aliphatic carbocycles. The minimum atomic E-state index is 0.758. The van der Waals surface area contributed by atoms with Crippen molar-refractivity contribution >= 4 is 10.9 Å². The summed E-state index contributed by atoms with van der Waals surface area (Å²) >= 11 is 0. The van der Waals surface area contributed by atoms with Gasteiger partial charge in [-0.3, -0.25) is 0 Å². The van der Waals surface area contributed by atoms with Crippen LogP contribution in [0.2, 0.25) is 0 Å². The molecule has 0 radical (unpaired) electrons. The van der Waals surface area contributed by atoms with E-state index in [1.165, 1.54) is 16.5 Å². The first kappa shape index (κ1) is 11.2. The first-order valence-corrected chi connectivity index (χ1v) is 5.55. The fourth-order valence-corrected chi connectivity index (χ4v) is 1.85. The van der Waals surface area contributed by atoms with Gasteiger partial charge in [-0.1, -0.05) is 6.07 Å². The van der Waals surface area contributed by atoms with Gasteiger partial charge in [0.2, 0.25) is 0 Å². The molecule has 3 heteroatoms. The maximum Gasteiger partial charge on any atom is 0.0587 e. The fraction of sp³-hybridized carbons (Fsp3) is 0.385. The van der Waals surface area contributed by atoms with Crippen LogP contribution in [0.5, 0.6) is 0 Å². The zero-order chi connectivity index (χ0) is 11.4. The molecule has 0 unspecified atom stereocenters. The van der Waals surface area contributed by atoms with E-state index in [1.807, 2.05) is 0 Å². The van der Waals surface area contributed by atoms with Gasteiger partial charge >= 0.3 is 0 Å². The summed E-state index contributed by atoms with van der Waals surface area (Å²) in [6.07, 6.45) is 2.09. The predicted octanol–water partition coefficient (Wildman–Crippen LogP) is 1.91. The maximum atomic E-state index is 4.99. The number of nitrogens with one attached hydrogen (secondary N) is 1. The van der Waals surface area contributed by atoms with E-state index in [0.29, 0.717) is 0 Å². The van der Waals surface area contributed by atoms with Crippen molar-refractivity contribution in [2.45, 2.75) is 6.54 Å². The van der Waals surface area contributed by atoms with Crippen LogP contribution in [-0.4, -0.2) is 24.8 Å². The van der Waals surface area contributed by atoms with Crippen molar-refractivity contribution in [3.63, 3.8) is 0 Å². The van der Waals surface area contributed by atoms with Gasteiger partial charge < -0.3 is 14.6 Å². The number of benzene rings is 1. The van der Waals surface area contributed by atoms with Crippen LogP contribution in [0.1, 0.15) is 5.56 Å². The summed E-state index contributed by atoms with van der Waals surface area (Å²) in [6, 6.07) is 8.72. The molecule has 0 atom stereocenters. The Bertz CT molecular complexity index is 462. The first-order chi connectivity index (χ1) is 7.81. The number of fused-ring (bicyclic) bond motifs is 1. The summed E-state index contributed by atoms with van der Waals surface area (Å²) in [4.78, 5) is 0. The Morgan fingerprint density at radius 1 is 1.31 bits per heavy atom. The van der Waals surface area contributed by atoms with Crippen LogP contribution in [0.3, 0.4) is 0 Å². The number of rotatable bonds is 5. The Morgan fingerprint density at radius 3 is 3.00 bits per heavy atom. The molecule has 1 heterocycles. The number of ether oxygens (including phenoxy) is 1. The zero-order valence-corrected chi connectivity index (χ0v) is 9.86. The van der Waals surface area contributed by atoms with Gasteiger partial charge in [0.1, 0.15) is 0 Å². The largest absolute Gasteiger partial charge is 0.383 e. The maximum absolute atomic E-state index is 4.99. The second-order valence-corrected chi connectivity index (χ2v) is 3.99. The Balaban J connectivity index is 2.02. The third-order valence-corrected chi connectivity index (χ3v) is 2.76. The molecular weight excluding hydrogens is 200 g/mol. The van der Waals surface area contributed by atoms with Crippen LogP contribution in [0.4, 0.5) is 0 Å². The highest BCUT2D eigenvalue weighted by atomic mass is 16.5. The summed E-state index contributed by atoms with van der Waals surface area (Å²) in [5.41, 5.74) is 2.59. The topological polar surface area (TPSA) is 26.2 Å². The van der Waals surface area contributed by atoms with E-state index in [1.54, 1.807) is 7.11 Å². The van der Waals surface area contributed by atoms with Gasteiger partial charge in [-0.25, -0.2) is 0 Å². The minimum Gasteiger partial charge on any atom is -0.383 e. The van der Waals surface area contributed by atoms with E-state index in [-0.39, 0.29) is 0 Å². The number of aryl methyl sites for hydroxylation is 1. The zero-order valence-electron chi connectivity index (χ0n) is 9.86. The van der Waals surface area contributed by atoms with E-state index in [4.69, 9.17) is 4.74 Å². The molecule has 0 saturated carbocycles. The third-order valence-electron chi connectivity index (χ3n) is 2.76. The number of hydrogen-bond donors (Lipinski definition) is 1. The Morgan fingerprint density at radius 2 is 2.19 bits per heavy atom. The first-order valence-electron chi connectivity index (χ1n) is 5.55. The van der Waals surface area contributed by atoms with Gasteiger partial charge in [-0.15, -0.1) is 0 Å². The van der Waals surface area contributed by atoms with Crippen LogP contribution in [-0.2, 0) is 18.3 Å². The van der Waals surface area contributed by atoms with Crippen molar-refractivity contribution in [1.82, 2.24) is 9.88 Å². The average molecular weight is 218 g/mol. The van der Waals surface area contributed by atoms with Crippen molar-refractivity contribution in [2.75, 3.05) is 20.3 Å². The highest BCUT2D eigenvalue weighted by molar-refractivity contribution is 5.80. The molecule has 2 aromatic rings. The molecule has 16 heavy (non-hydrogen) atoms. The Labute approximate surface area is 96.0 Å². The second kappa shape index (κ2) is 5.14. The lowest BCUT2D eigenvalue weighted by molar-refractivity contribution is 0.199. The lowest BCUT2D eigenvalue weighted by Gasteiger charge is -2.05. The van der Waals surface area contributed by atoms with Crippen LogP contribution >= 0.6 is 0 Å². The molecule has 0 amide bonds. The molecule has 1 N–H and O–H groups in total. The van der Waals surface area contributed by atoms with Gasteiger partial charge in [-0.2, -0.15) is 0 Å². The van der Waals surface area contributed by atoms with Crippen LogP contribution in [0, 0.1) is 0 Å². The van der Waals surface area contributed by atoms with Crippen LogP contribution in [0.15, 0.2) is 30.5 Å². The predicted molar refractivity (Wildman–Crippen MR) is 66.5 cm³/mol. The van der Waals surface area contributed by atoms with Crippen molar-refractivity contribution in [3.05, 3.63) is 36.0 Å². The van der Waals surface area contributed by atoms with Gasteiger partial charge in [-0.05, 0) is 29.1 Å². The highest BCUT2D eigenvalue weighted by Gasteiger charge is 1.99. The molecule has 3 nitrogen and oxygen atoms in total. The number of methoxy groups -OCH3 is 1. The molecule has 2 rings (SSSR count). The molecule has 0 saturated heterocycles. The molecule has 0 spiro atoms. The van der Waals surface area contributed by atoms with Gasteiger partial charge in [0, 0.05) is 39.0 Å². The molecule has 1 aromatic carbocycles. The van der Waals surface area contributed by atoms with E-state index in [0.717, 1.165) is 19.7 Å². The summed E-state index contributed by atoms with van der Waals surface area (Å²) in [7, 11) is 3.79. The van der Waals surface area contributed by atoms with Gasteiger partial charge in [0.05, 0.1) is 6.61 Å². The quantitative estimate of drug-likeness (QED) is 0.776. The average Bonchev–Trinajstić information content (AvgIpc) is 2.66. The SMILES string of the molecule is COCCNCc1ccc2c(ccn2C)c1. The fourth-order valence-electron chi connectivity index (χ4n) is 1.85. The summed E-state index contributed by atoms with van der Waals surface area (Å²) in [5, 5.41) is 4.64. The monoisotopic (exact) mass is 218 g/mol. The molecule has 0 fully saturated rings. The molecule has 0 bridgehead atoms. The standard InChI is InChI=1S/C13H18N2O/c1-15-7-5-12-9-11(3-4-13(12)15)10-14-6-8-16-2/h3-5,7,9,14H,6,8,10H2,1-2H3. The van der Waals surface area contributed by atoms with Crippen LogP contribution < -0.4 is 5.32 Å². The Kier molecular flexibility index (Phi) is 3.59. The number of nitrogens with zero attached hydrogens (tertiary/aromatic N) is 1. The van der Waals surface area contributed by atoms with Crippen molar-refractivity contribution in [1.29, 1.82) is 0 Å². The normalized spacial score (nSPS) is 11.1. The molecule has 0 aliphatic rings. The van der Waals surface area contributed by atoms with Crippen molar-refractivity contribution < 1.29 is 4.74 Å². The molecule has 1 aromatic heterocycles.